The predicted octanol–water partition coefficient (Wildman–Crippen LogP) is 1.77. The molecule has 4 heteroatoms. The average Bonchev–Trinajstić information content (AvgIpc) is 2.05. The van der Waals surface area contributed by atoms with E-state index in [0.717, 1.165) is 0 Å². The Balaban J connectivity index is 2.99. The molecule has 58 valence electrons. The lowest BCUT2D eigenvalue weighted by molar-refractivity contribution is 0.321. The molecule has 0 aromatic heterocycles. The van der Waals surface area contributed by atoms with Crippen molar-refractivity contribution in [1.82, 2.24) is 0 Å². The highest BCUT2D eigenvalue weighted by atomic mass is 35.5. The molecule has 0 heterocycles. The number of aromatic hydroxyl groups is 1. The molecule has 0 fully saturated rings. The van der Waals surface area contributed by atoms with Gasteiger partial charge in [0, 0.05) is 5.56 Å². The minimum atomic E-state index is 0.00463. The summed E-state index contributed by atoms with van der Waals surface area (Å²) in [5.41, 5.74) is 0.562. The van der Waals surface area contributed by atoms with E-state index in [1.807, 2.05) is 0 Å². The van der Waals surface area contributed by atoms with Gasteiger partial charge in [-0.25, -0.2) is 0 Å². The molecule has 1 aromatic carbocycles. The molecular formula is C7H6ClNO2. The van der Waals surface area contributed by atoms with Gasteiger partial charge >= 0.3 is 0 Å². The highest BCUT2D eigenvalue weighted by Gasteiger charge is 1.98. The Morgan fingerprint density at radius 2 is 1.82 bits per heavy atom. The van der Waals surface area contributed by atoms with Gasteiger partial charge in [0.15, 0.2) is 5.17 Å². The molecule has 3 nitrogen and oxygen atoms in total. The van der Waals surface area contributed by atoms with Crippen LogP contribution in [0.1, 0.15) is 5.56 Å². The molecule has 0 spiro atoms. The van der Waals surface area contributed by atoms with E-state index in [4.69, 9.17) is 21.9 Å². The van der Waals surface area contributed by atoms with Crippen molar-refractivity contribution in [2.45, 2.75) is 0 Å². The van der Waals surface area contributed by atoms with Gasteiger partial charge in [-0.05, 0) is 24.3 Å². The van der Waals surface area contributed by atoms with E-state index in [2.05, 4.69) is 5.16 Å². The summed E-state index contributed by atoms with van der Waals surface area (Å²) in [4.78, 5) is 0. The molecule has 0 radical (unpaired) electrons. The summed E-state index contributed by atoms with van der Waals surface area (Å²) >= 11 is 5.46. The molecule has 0 saturated carbocycles. The number of rotatable bonds is 1. The molecule has 11 heavy (non-hydrogen) atoms. The van der Waals surface area contributed by atoms with Crippen molar-refractivity contribution in [3.8, 4) is 5.75 Å². The van der Waals surface area contributed by atoms with E-state index < -0.39 is 0 Å². The molecular weight excluding hydrogens is 166 g/mol. The van der Waals surface area contributed by atoms with Crippen molar-refractivity contribution < 1.29 is 10.3 Å². The van der Waals surface area contributed by atoms with E-state index in [-0.39, 0.29) is 10.9 Å². The summed E-state index contributed by atoms with van der Waals surface area (Å²) in [7, 11) is 0. The first kappa shape index (κ1) is 7.88. The topological polar surface area (TPSA) is 52.8 Å². The van der Waals surface area contributed by atoms with E-state index >= 15 is 0 Å². The molecule has 0 aliphatic heterocycles. The number of phenols is 1. The van der Waals surface area contributed by atoms with Crippen molar-refractivity contribution in [1.29, 1.82) is 0 Å². The van der Waals surface area contributed by atoms with Crippen LogP contribution in [0.25, 0.3) is 0 Å². The molecule has 0 unspecified atom stereocenters. The number of phenolic OH excluding ortho intramolecular Hbond substituents is 1. The highest BCUT2D eigenvalue weighted by Crippen LogP contribution is 2.11. The van der Waals surface area contributed by atoms with Gasteiger partial charge in [0.05, 0.1) is 0 Å². The number of oxime groups is 1. The Morgan fingerprint density at radius 3 is 2.27 bits per heavy atom. The van der Waals surface area contributed by atoms with Crippen LogP contribution < -0.4 is 0 Å². The van der Waals surface area contributed by atoms with Gasteiger partial charge < -0.3 is 10.3 Å². The van der Waals surface area contributed by atoms with Crippen molar-refractivity contribution in [3.05, 3.63) is 29.8 Å². The number of nitrogens with zero attached hydrogens (tertiary/aromatic N) is 1. The molecule has 0 saturated heterocycles. The number of halogens is 1. The van der Waals surface area contributed by atoms with Crippen LogP contribution in [0.2, 0.25) is 0 Å². The van der Waals surface area contributed by atoms with Gasteiger partial charge in [-0.1, -0.05) is 16.8 Å². The number of benzene rings is 1. The molecule has 0 bridgehead atoms. The summed E-state index contributed by atoms with van der Waals surface area (Å²) in [5.74, 6) is 0.149. The fourth-order valence-electron chi connectivity index (χ4n) is 0.657. The van der Waals surface area contributed by atoms with E-state index in [1.54, 1.807) is 12.1 Å². The van der Waals surface area contributed by atoms with E-state index in [1.165, 1.54) is 12.1 Å². The Morgan fingerprint density at radius 1 is 1.27 bits per heavy atom. The minimum absolute atomic E-state index is 0.00463. The van der Waals surface area contributed by atoms with Crippen LogP contribution in [-0.4, -0.2) is 15.5 Å². The van der Waals surface area contributed by atoms with Gasteiger partial charge in [-0.3, -0.25) is 0 Å². The third-order valence-corrected chi connectivity index (χ3v) is 1.49. The van der Waals surface area contributed by atoms with Crippen molar-refractivity contribution >= 4 is 16.8 Å². The zero-order chi connectivity index (χ0) is 8.27. The van der Waals surface area contributed by atoms with Gasteiger partial charge in [0.1, 0.15) is 5.75 Å². The van der Waals surface area contributed by atoms with Gasteiger partial charge in [0.25, 0.3) is 0 Å². The molecule has 1 aromatic rings. The lowest BCUT2D eigenvalue weighted by atomic mass is 10.2. The third kappa shape index (κ3) is 1.85. The first-order chi connectivity index (χ1) is 5.24. The van der Waals surface area contributed by atoms with Crippen LogP contribution in [0, 0.1) is 0 Å². The third-order valence-electron chi connectivity index (χ3n) is 1.19. The second kappa shape index (κ2) is 3.25. The normalized spacial score (nSPS) is 11.5. The second-order valence-electron chi connectivity index (χ2n) is 1.94. The first-order valence-corrected chi connectivity index (χ1v) is 3.29. The molecule has 0 atom stereocenters. The molecule has 0 aliphatic rings. The monoisotopic (exact) mass is 171 g/mol. The average molecular weight is 172 g/mol. The summed E-state index contributed by atoms with van der Waals surface area (Å²) in [6.45, 7) is 0. The zero-order valence-electron chi connectivity index (χ0n) is 5.53. The highest BCUT2D eigenvalue weighted by molar-refractivity contribution is 6.69. The SMILES string of the molecule is ON=C(Cl)c1ccc(O)cc1. The van der Waals surface area contributed by atoms with Crippen LogP contribution in [0.4, 0.5) is 0 Å². The first-order valence-electron chi connectivity index (χ1n) is 2.91. The summed E-state index contributed by atoms with van der Waals surface area (Å²) < 4.78 is 0. The summed E-state index contributed by atoms with van der Waals surface area (Å²) in [6, 6.07) is 6.03. The quantitative estimate of drug-likeness (QED) is 0.384. The summed E-state index contributed by atoms with van der Waals surface area (Å²) in [6.07, 6.45) is 0. The second-order valence-corrected chi connectivity index (χ2v) is 2.30. The van der Waals surface area contributed by atoms with Crippen LogP contribution in [0.3, 0.4) is 0 Å². The van der Waals surface area contributed by atoms with Crippen molar-refractivity contribution in [2.24, 2.45) is 5.16 Å². The zero-order valence-corrected chi connectivity index (χ0v) is 6.28. The van der Waals surface area contributed by atoms with Gasteiger partial charge in [0.2, 0.25) is 0 Å². The van der Waals surface area contributed by atoms with E-state index in [0.29, 0.717) is 5.56 Å². The van der Waals surface area contributed by atoms with Gasteiger partial charge in [-0.15, -0.1) is 0 Å². The largest absolute Gasteiger partial charge is 0.508 e. The standard InChI is InChI=1S/C7H6ClNO2/c8-7(9-11)5-1-3-6(10)4-2-5/h1-4,10-11H. The van der Waals surface area contributed by atoms with Crippen LogP contribution in [-0.2, 0) is 0 Å². The maximum absolute atomic E-state index is 8.87. The molecule has 2 N–H and O–H groups in total. The van der Waals surface area contributed by atoms with Crippen molar-refractivity contribution in [2.75, 3.05) is 0 Å². The fourth-order valence-corrected chi connectivity index (χ4v) is 0.783. The number of hydrogen-bond donors (Lipinski definition) is 2. The molecule has 1 rings (SSSR count). The van der Waals surface area contributed by atoms with Crippen LogP contribution in [0.5, 0.6) is 5.75 Å². The van der Waals surface area contributed by atoms with Crippen molar-refractivity contribution in [3.63, 3.8) is 0 Å². The van der Waals surface area contributed by atoms with Gasteiger partial charge in [-0.2, -0.15) is 0 Å². The molecule has 0 amide bonds. The Bertz CT molecular complexity index is 268. The van der Waals surface area contributed by atoms with E-state index in [9.17, 15) is 0 Å². The predicted molar refractivity (Wildman–Crippen MR) is 42.3 cm³/mol. The number of hydrogen-bond acceptors (Lipinski definition) is 3. The Hall–Kier alpha value is -1.22. The van der Waals surface area contributed by atoms with Crippen LogP contribution >= 0.6 is 11.6 Å². The smallest absolute Gasteiger partial charge is 0.175 e. The fraction of sp³-hybridized carbons (Fsp3) is 0. The Kier molecular flexibility index (Phi) is 2.33. The Labute approximate surface area is 68.5 Å². The lowest BCUT2D eigenvalue weighted by Crippen LogP contribution is -1.88. The maximum Gasteiger partial charge on any atom is 0.175 e. The van der Waals surface area contributed by atoms with Crippen LogP contribution in [0.15, 0.2) is 29.4 Å². The lowest BCUT2D eigenvalue weighted by Gasteiger charge is -1.94. The summed E-state index contributed by atoms with van der Waals surface area (Å²) in [5, 5.41) is 19.9. The minimum Gasteiger partial charge on any atom is -0.508 e. The molecule has 0 aliphatic carbocycles. The maximum atomic E-state index is 8.87.